The van der Waals surface area contributed by atoms with E-state index in [1.807, 2.05) is 6.08 Å². The molecule has 2 aromatic rings. The second kappa shape index (κ2) is 7.50. The molecule has 0 radical (unpaired) electrons. The summed E-state index contributed by atoms with van der Waals surface area (Å²) < 4.78 is 26.1. The maximum absolute atomic E-state index is 13.1. The zero-order chi connectivity index (χ0) is 15.9. The molecule has 22 heavy (non-hydrogen) atoms. The summed E-state index contributed by atoms with van der Waals surface area (Å²) in [5.74, 6) is -1.49. The van der Waals surface area contributed by atoms with Gasteiger partial charge in [0.25, 0.3) is 0 Å². The van der Waals surface area contributed by atoms with Crippen molar-refractivity contribution in [2.45, 2.75) is 19.3 Å². The Kier molecular flexibility index (Phi) is 5.42. The van der Waals surface area contributed by atoms with Crippen LogP contribution in [0.4, 0.5) is 8.78 Å². The van der Waals surface area contributed by atoms with Crippen LogP contribution >= 0.6 is 0 Å². The Labute approximate surface area is 127 Å². The van der Waals surface area contributed by atoms with Gasteiger partial charge in [0.1, 0.15) is 11.6 Å². The summed E-state index contributed by atoms with van der Waals surface area (Å²) in [7, 11) is 0. The van der Waals surface area contributed by atoms with Gasteiger partial charge in [0.05, 0.1) is 0 Å². The maximum atomic E-state index is 13.1. The Balaban J connectivity index is 2.27. The first-order valence-electron chi connectivity index (χ1n) is 7.00. The van der Waals surface area contributed by atoms with Gasteiger partial charge in [-0.1, -0.05) is 30.3 Å². The highest BCUT2D eigenvalue weighted by atomic mass is 19.1. The van der Waals surface area contributed by atoms with Crippen molar-refractivity contribution < 1.29 is 18.7 Å². The number of carboxylic acid groups (broad SMARTS) is 1. The third-order valence-corrected chi connectivity index (χ3v) is 3.25. The normalized spacial score (nSPS) is 10.3. The van der Waals surface area contributed by atoms with E-state index in [2.05, 4.69) is 0 Å². The van der Waals surface area contributed by atoms with Crippen LogP contribution in [0.3, 0.4) is 0 Å². The SMILES string of the molecule is O=C(O)CCCC=C(c1ccc(F)cc1)c1ccc(F)cc1. The van der Waals surface area contributed by atoms with Gasteiger partial charge >= 0.3 is 5.97 Å². The van der Waals surface area contributed by atoms with Crippen molar-refractivity contribution in [3.8, 4) is 0 Å². The summed E-state index contributed by atoms with van der Waals surface area (Å²) in [6.07, 6.45) is 3.09. The molecule has 0 aliphatic rings. The number of unbranched alkanes of at least 4 members (excludes halogenated alkanes) is 1. The summed E-state index contributed by atoms with van der Waals surface area (Å²) in [5.41, 5.74) is 2.46. The number of hydrogen-bond acceptors (Lipinski definition) is 1. The Hall–Kier alpha value is -2.49. The van der Waals surface area contributed by atoms with E-state index in [0.29, 0.717) is 12.8 Å². The number of rotatable bonds is 6. The Morgan fingerprint density at radius 3 is 1.77 bits per heavy atom. The van der Waals surface area contributed by atoms with Crippen LogP contribution in [0.15, 0.2) is 54.6 Å². The molecule has 2 nitrogen and oxygen atoms in total. The monoisotopic (exact) mass is 302 g/mol. The first-order valence-corrected chi connectivity index (χ1v) is 7.00. The number of aliphatic carboxylic acids is 1. The fraction of sp³-hybridized carbons (Fsp3) is 0.167. The van der Waals surface area contributed by atoms with E-state index < -0.39 is 5.97 Å². The smallest absolute Gasteiger partial charge is 0.303 e. The molecule has 0 aliphatic heterocycles. The van der Waals surface area contributed by atoms with Gasteiger partial charge in [0.2, 0.25) is 0 Å². The van der Waals surface area contributed by atoms with Crippen LogP contribution < -0.4 is 0 Å². The lowest BCUT2D eigenvalue weighted by Crippen LogP contribution is -1.94. The van der Waals surface area contributed by atoms with E-state index in [9.17, 15) is 13.6 Å². The van der Waals surface area contributed by atoms with Crippen LogP contribution in [-0.2, 0) is 4.79 Å². The molecule has 114 valence electrons. The summed E-state index contributed by atoms with van der Waals surface area (Å²) in [6.45, 7) is 0. The van der Waals surface area contributed by atoms with Crippen LogP contribution in [0, 0.1) is 11.6 Å². The molecule has 2 rings (SSSR count). The lowest BCUT2D eigenvalue weighted by atomic mass is 9.96. The molecule has 0 fully saturated rings. The van der Waals surface area contributed by atoms with E-state index in [4.69, 9.17) is 5.11 Å². The standard InChI is InChI=1S/C18H16F2O2/c19-15-9-5-13(6-10-15)17(3-1-2-4-18(21)22)14-7-11-16(20)12-8-14/h3,5-12H,1-2,4H2,(H,21,22). The molecule has 0 unspecified atom stereocenters. The van der Waals surface area contributed by atoms with Gasteiger partial charge in [-0.15, -0.1) is 0 Å². The van der Waals surface area contributed by atoms with E-state index in [1.54, 1.807) is 24.3 Å². The minimum Gasteiger partial charge on any atom is -0.481 e. The average Bonchev–Trinajstić information content (AvgIpc) is 2.50. The molecule has 4 heteroatoms. The molecular weight excluding hydrogens is 286 g/mol. The molecular formula is C18H16F2O2. The zero-order valence-electron chi connectivity index (χ0n) is 11.9. The van der Waals surface area contributed by atoms with Crippen molar-refractivity contribution in [1.82, 2.24) is 0 Å². The number of benzene rings is 2. The summed E-state index contributed by atoms with van der Waals surface area (Å²) in [6, 6.07) is 12.1. The summed E-state index contributed by atoms with van der Waals surface area (Å²) in [4.78, 5) is 10.6. The molecule has 0 saturated carbocycles. The van der Waals surface area contributed by atoms with E-state index in [0.717, 1.165) is 16.7 Å². The Bertz CT molecular complexity index is 611. The molecule has 0 spiro atoms. The van der Waals surface area contributed by atoms with Gasteiger partial charge in [-0.25, -0.2) is 8.78 Å². The Morgan fingerprint density at radius 2 is 1.36 bits per heavy atom. The number of carbonyl (C=O) groups is 1. The molecule has 0 saturated heterocycles. The third-order valence-electron chi connectivity index (χ3n) is 3.25. The molecule has 2 aromatic carbocycles. The molecule has 0 amide bonds. The van der Waals surface area contributed by atoms with Crippen molar-refractivity contribution in [2.75, 3.05) is 0 Å². The van der Waals surface area contributed by atoms with Gasteiger partial charge in [0, 0.05) is 6.42 Å². The highest BCUT2D eigenvalue weighted by molar-refractivity contribution is 5.79. The van der Waals surface area contributed by atoms with Gasteiger partial charge in [0.15, 0.2) is 0 Å². The second-order valence-electron chi connectivity index (χ2n) is 4.92. The predicted octanol–water partition coefficient (Wildman–Crippen LogP) is 4.65. The van der Waals surface area contributed by atoms with Crippen molar-refractivity contribution >= 4 is 11.5 Å². The quantitative estimate of drug-likeness (QED) is 0.789. The van der Waals surface area contributed by atoms with E-state index in [1.165, 1.54) is 24.3 Å². The van der Waals surface area contributed by atoms with Crippen molar-refractivity contribution in [2.24, 2.45) is 0 Å². The second-order valence-corrected chi connectivity index (χ2v) is 4.92. The largest absolute Gasteiger partial charge is 0.481 e. The number of allylic oxidation sites excluding steroid dienone is 1. The van der Waals surface area contributed by atoms with Crippen LogP contribution in [0.1, 0.15) is 30.4 Å². The highest BCUT2D eigenvalue weighted by Gasteiger charge is 2.06. The molecule has 0 atom stereocenters. The topological polar surface area (TPSA) is 37.3 Å². The third kappa shape index (κ3) is 4.52. The van der Waals surface area contributed by atoms with Crippen LogP contribution in [0.2, 0.25) is 0 Å². The molecule has 0 aromatic heterocycles. The molecule has 0 aliphatic carbocycles. The summed E-state index contributed by atoms with van der Waals surface area (Å²) >= 11 is 0. The van der Waals surface area contributed by atoms with E-state index >= 15 is 0 Å². The fourth-order valence-electron chi connectivity index (χ4n) is 2.16. The Morgan fingerprint density at radius 1 is 0.909 bits per heavy atom. The predicted molar refractivity (Wildman–Crippen MR) is 81.4 cm³/mol. The van der Waals surface area contributed by atoms with Crippen molar-refractivity contribution in [3.05, 3.63) is 77.4 Å². The minimum atomic E-state index is -0.835. The number of hydrogen-bond donors (Lipinski definition) is 1. The van der Waals surface area contributed by atoms with Crippen LogP contribution in [-0.4, -0.2) is 11.1 Å². The maximum Gasteiger partial charge on any atom is 0.303 e. The van der Waals surface area contributed by atoms with Gasteiger partial charge in [-0.3, -0.25) is 4.79 Å². The number of halogens is 2. The number of carboxylic acids is 1. The summed E-state index contributed by atoms with van der Waals surface area (Å²) in [5, 5.41) is 8.67. The zero-order valence-corrected chi connectivity index (χ0v) is 11.9. The first kappa shape index (κ1) is 15.9. The minimum absolute atomic E-state index is 0.0939. The highest BCUT2D eigenvalue weighted by Crippen LogP contribution is 2.25. The van der Waals surface area contributed by atoms with Crippen LogP contribution in [0.25, 0.3) is 5.57 Å². The lowest BCUT2D eigenvalue weighted by molar-refractivity contribution is -0.137. The lowest BCUT2D eigenvalue weighted by Gasteiger charge is -2.09. The molecule has 0 heterocycles. The molecule has 0 bridgehead atoms. The fourth-order valence-corrected chi connectivity index (χ4v) is 2.16. The average molecular weight is 302 g/mol. The molecule has 1 N–H and O–H groups in total. The van der Waals surface area contributed by atoms with E-state index in [-0.39, 0.29) is 18.1 Å². The first-order chi connectivity index (χ1) is 10.6. The van der Waals surface area contributed by atoms with Crippen molar-refractivity contribution in [1.29, 1.82) is 0 Å². The van der Waals surface area contributed by atoms with Gasteiger partial charge < -0.3 is 5.11 Å². The van der Waals surface area contributed by atoms with Gasteiger partial charge in [-0.2, -0.15) is 0 Å². The van der Waals surface area contributed by atoms with Gasteiger partial charge in [-0.05, 0) is 53.8 Å². The van der Waals surface area contributed by atoms with Crippen molar-refractivity contribution in [3.63, 3.8) is 0 Å². The van der Waals surface area contributed by atoms with Crippen LogP contribution in [0.5, 0.6) is 0 Å².